The number of hydrogen-bond acceptors (Lipinski definition) is 1. The number of rotatable bonds is 1. The minimum absolute atomic E-state index is 0.817. The van der Waals surface area contributed by atoms with Gasteiger partial charge in [0, 0.05) is 5.69 Å². The number of hydrogen-bond donors (Lipinski definition) is 1. The maximum Gasteiger partial charge on any atom is 0.0317 e. The largest absolute Gasteiger partial charge is 0.399 e. The Hall–Kier alpha value is -2.28. The summed E-state index contributed by atoms with van der Waals surface area (Å²) in [6.07, 6.45) is 0. The highest BCUT2D eigenvalue weighted by atomic mass is 14.5. The Morgan fingerprint density at radius 3 is 2.11 bits per heavy atom. The van der Waals surface area contributed by atoms with Gasteiger partial charge in [-0.25, -0.2) is 0 Å². The van der Waals surface area contributed by atoms with Gasteiger partial charge in [0.25, 0.3) is 0 Å². The molecule has 0 saturated carbocycles. The molecular weight excluding hydrogens is 230 g/mol. The first-order chi connectivity index (χ1) is 9.16. The van der Waals surface area contributed by atoms with E-state index in [1.165, 1.54) is 33.0 Å². The molecule has 2 N–H and O–H groups in total. The van der Waals surface area contributed by atoms with Crippen LogP contribution >= 0.6 is 0 Å². The lowest BCUT2D eigenvalue weighted by molar-refractivity contribution is 1.46. The third kappa shape index (κ3) is 1.97. The number of fused-ring (bicyclic) bond motifs is 1. The molecule has 0 aliphatic heterocycles. The van der Waals surface area contributed by atoms with Gasteiger partial charge < -0.3 is 5.73 Å². The Labute approximate surface area is 113 Å². The van der Waals surface area contributed by atoms with Crippen LogP contribution in [-0.2, 0) is 0 Å². The second kappa shape index (κ2) is 4.43. The van der Waals surface area contributed by atoms with Crippen LogP contribution in [0.1, 0.15) is 11.1 Å². The van der Waals surface area contributed by atoms with Crippen molar-refractivity contribution in [1.29, 1.82) is 0 Å². The number of aryl methyl sites for hydroxylation is 2. The summed E-state index contributed by atoms with van der Waals surface area (Å²) in [4.78, 5) is 0. The number of nitrogens with two attached hydrogens (primary N) is 1. The van der Waals surface area contributed by atoms with Crippen molar-refractivity contribution in [2.24, 2.45) is 0 Å². The zero-order chi connectivity index (χ0) is 13.4. The SMILES string of the molecule is Cc1cc(N)ccc1-c1ccc(C)c2ccccc12. The lowest BCUT2D eigenvalue weighted by atomic mass is 9.93. The van der Waals surface area contributed by atoms with Crippen molar-refractivity contribution < 1.29 is 0 Å². The highest BCUT2D eigenvalue weighted by molar-refractivity contribution is 5.99. The van der Waals surface area contributed by atoms with Gasteiger partial charge in [0.1, 0.15) is 0 Å². The van der Waals surface area contributed by atoms with Crippen LogP contribution in [0.15, 0.2) is 54.6 Å². The Bertz CT molecular complexity index is 757. The second-order valence-electron chi connectivity index (χ2n) is 5.05. The van der Waals surface area contributed by atoms with Gasteiger partial charge >= 0.3 is 0 Å². The van der Waals surface area contributed by atoms with E-state index >= 15 is 0 Å². The van der Waals surface area contributed by atoms with Gasteiger partial charge in [-0.1, -0.05) is 42.5 Å². The fourth-order valence-corrected chi connectivity index (χ4v) is 2.67. The molecule has 0 aliphatic carbocycles. The lowest BCUT2D eigenvalue weighted by Gasteiger charge is -2.12. The third-order valence-electron chi connectivity index (χ3n) is 3.68. The molecule has 0 heterocycles. The molecule has 0 fully saturated rings. The van der Waals surface area contributed by atoms with Gasteiger partial charge in [-0.15, -0.1) is 0 Å². The molecule has 3 aromatic carbocycles. The van der Waals surface area contributed by atoms with Gasteiger partial charge in [0.2, 0.25) is 0 Å². The average molecular weight is 247 g/mol. The van der Waals surface area contributed by atoms with E-state index in [9.17, 15) is 0 Å². The molecule has 94 valence electrons. The van der Waals surface area contributed by atoms with E-state index in [1.54, 1.807) is 0 Å². The summed E-state index contributed by atoms with van der Waals surface area (Å²) in [6.45, 7) is 4.27. The summed E-state index contributed by atoms with van der Waals surface area (Å²) >= 11 is 0. The molecule has 0 unspecified atom stereocenters. The first-order valence-electron chi connectivity index (χ1n) is 6.51. The minimum atomic E-state index is 0.817. The molecule has 1 nitrogen and oxygen atoms in total. The normalized spacial score (nSPS) is 10.8. The minimum Gasteiger partial charge on any atom is -0.399 e. The molecule has 19 heavy (non-hydrogen) atoms. The van der Waals surface area contributed by atoms with E-state index in [0.29, 0.717) is 0 Å². The van der Waals surface area contributed by atoms with Crippen molar-refractivity contribution in [3.8, 4) is 11.1 Å². The number of benzene rings is 3. The standard InChI is InChI=1S/C18H17N/c1-12-7-9-18(17-6-4-3-5-15(12)17)16-10-8-14(19)11-13(16)2/h3-11H,19H2,1-2H3. The van der Waals surface area contributed by atoms with Crippen LogP contribution in [0.5, 0.6) is 0 Å². The molecule has 3 aromatic rings. The summed E-state index contributed by atoms with van der Waals surface area (Å²) in [7, 11) is 0. The van der Waals surface area contributed by atoms with Crippen molar-refractivity contribution in [3.05, 3.63) is 65.7 Å². The highest BCUT2D eigenvalue weighted by Gasteiger charge is 2.07. The maximum absolute atomic E-state index is 5.84. The summed E-state index contributed by atoms with van der Waals surface area (Å²) in [5.41, 5.74) is 11.7. The van der Waals surface area contributed by atoms with Gasteiger partial charge in [-0.2, -0.15) is 0 Å². The fourth-order valence-electron chi connectivity index (χ4n) is 2.67. The second-order valence-corrected chi connectivity index (χ2v) is 5.05. The van der Waals surface area contributed by atoms with Crippen LogP contribution in [-0.4, -0.2) is 0 Å². The summed E-state index contributed by atoms with van der Waals surface area (Å²) in [6, 6.07) is 19.1. The Morgan fingerprint density at radius 2 is 1.37 bits per heavy atom. The van der Waals surface area contributed by atoms with Gasteiger partial charge in [-0.3, -0.25) is 0 Å². The quantitative estimate of drug-likeness (QED) is 0.619. The molecule has 0 bridgehead atoms. The van der Waals surface area contributed by atoms with E-state index in [0.717, 1.165) is 5.69 Å². The molecular formula is C18H17N. The number of nitrogen functional groups attached to an aromatic ring is 1. The Morgan fingerprint density at radius 1 is 0.684 bits per heavy atom. The maximum atomic E-state index is 5.84. The predicted octanol–water partition coefficient (Wildman–Crippen LogP) is 4.71. The Balaban J connectivity index is 2.34. The summed E-state index contributed by atoms with van der Waals surface area (Å²) in [5.74, 6) is 0. The van der Waals surface area contributed by atoms with Crippen LogP contribution in [0.4, 0.5) is 5.69 Å². The highest BCUT2D eigenvalue weighted by Crippen LogP contribution is 2.33. The molecule has 0 saturated heterocycles. The summed E-state index contributed by atoms with van der Waals surface area (Å²) < 4.78 is 0. The van der Waals surface area contributed by atoms with Crippen molar-refractivity contribution in [2.75, 3.05) is 5.73 Å². The molecule has 0 radical (unpaired) electrons. The molecule has 0 spiro atoms. The van der Waals surface area contributed by atoms with Crippen LogP contribution in [0.2, 0.25) is 0 Å². The van der Waals surface area contributed by atoms with Crippen molar-refractivity contribution in [3.63, 3.8) is 0 Å². The van der Waals surface area contributed by atoms with E-state index in [2.05, 4.69) is 56.3 Å². The van der Waals surface area contributed by atoms with Crippen molar-refractivity contribution >= 4 is 16.5 Å². The Kier molecular flexibility index (Phi) is 2.75. The molecule has 3 rings (SSSR count). The summed E-state index contributed by atoms with van der Waals surface area (Å²) in [5, 5.41) is 2.62. The first-order valence-corrected chi connectivity index (χ1v) is 6.51. The first kappa shape index (κ1) is 11.8. The van der Waals surface area contributed by atoms with Gasteiger partial charge in [0.15, 0.2) is 0 Å². The van der Waals surface area contributed by atoms with E-state index in [1.807, 2.05) is 12.1 Å². The molecule has 0 amide bonds. The molecule has 0 atom stereocenters. The van der Waals surface area contributed by atoms with Crippen molar-refractivity contribution in [1.82, 2.24) is 0 Å². The molecule has 1 heteroatoms. The van der Waals surface area contributed by atoms with Crippen LogP contribution in [0.25, 0.3) is 21.9 Å². The van der Waals surface area contributed by atoms with Crippen LogP contribution in [0.3, 0.4) is 0 Å². The zero-order valence-corrected chi connectivity index (χ0v) is 11.3. The molecule has 0 aromatic heterocycles. The average Bonchev–Trinajstić information content (AvgIpc) is 2.41. The number of anilines is 1. The molecule has 0 aliphatic rings. The predicted molar refractivity (Wildman–Crippen MR) is 83.3 cm³/mol. The monoisotopic (exact) mass is 247 g/mol. The van der Waals surface area contributed by atoms with E-state index in [-0.39, 0.29) is 0 Å². The van der Waals surface area contributed by atoms with Gasteiger partial charge in [-0.05, 0) is 59.0 Å². The van der Waals surface area contributed by atoms with E-state index in [4.69, 9.17) is 5.73 Å². The van der Waals surface area contributed by atoms with Crippen LogP contribution in [0, 0.1) is 13.8 Å². The lowest BCUT2D eigenvalue weighted by Crippen LogP contribution is -1.90. The fraction of sp³-hybridized carbons (Fsp3) is 0.111. The smallest absolute Gasteiger partial charge is 0.0317 e. The van der Waals surface area contributed by atoms with Gasteiger partial charge in [0.05, 0.1) is 0 Å². The van der Waals surface area contributed by atoms with Crippen LogP contribution < -0.4 is 5.73 Å². The topological polar surface area (TPSA) is 26.0 Å². The third-order valence-corrected chi connectivity index (χ3v) is 3.68. The zero-order valence-electron chi connectivity index (χ0n) is 11.3. The van der Waals surface area contributed by atoms with E-state index < -0.39 is 0 Å². The van der Waals surface area contributed by atoms with Crippen molar-refractivity contribution in [2.45, 2.75) is 13.8 Å².